The average Bonchev–Trinajstić information content (AvgIpc) is 2.85. The molecule has 2 amide bonds. The van der Waals surface area contributed by atoms with Crippen LogP contribution in [0.25, 0.3) is 0 Å². The minimum absolute atomic E-state index is 0.0113. The molecule has 0 fully saturated rings. The summed E-state index contributed by atoms with van der Waals surface area (Å²) in [7, 11) is 3.32. The first-order valence-electron chi connectivity index (χ1n) is 6.15. The van der Waals surface area contributed by atoms with Gasteiger partial charge in [-0.2, -0.15) is 5.10 Å². The zero-order valence-electron chi connectivity index (χ0n) is 11.4. The van der Waals surface area contributed by atoms with Crippen molar-refractivity contribution in [2.75, 3.05) is 18.9 Å². The van der Waals surface area contributed by atoms with Crippen LogP contribution in [-0.2, 0) is 11.8 Å². The van der Waals surface area contributed by atoms with Crippen molar-refractivity contribution in [2.45, 2.75) is 0 Å². The number of para-hydroxylation sites is 1. The van der Waals surface area contributed by atoms with Crippen LogP contribution in [-0.4, -0.2) is 40.1 Å². The lowest BCUT2D eigenvalue weighted by molar-refractivity contribution is -0.116. The molecule has 0 saturated heterocycles. The van der Waals surface area contributed by atoms with Crippen LogP contribution >= 0.6 is 0 Å². The number of aryl methyl sites for hydroxylation is 1. The molecule has 0 saturated carbocycles. The molecule has 20 heavy (non-hydrogen) atoms. The fraction of sp³-hybridized carbons (Fsp3) is 0.214. The molecule has 0 aliphatic heterocycles. The lowest BCUT2D eigenvalue weighted by atomic mass is 10.3. The molecular formula is C14H16N4O2. The quantitative estimate of drug-likeness (QED) is 0.907. The molecule has 6 heteroatoms. The summed E-state index contributed by atoms with van der Waals surface area (Å²) in [6, 6.07) is 9.12. The zero-order valence-corrected chi connectivity index (χ0v) is 11.4. The number of amides is 2. The van der Waals surface area contributed by atoms with E-state index in [1.807, 2.05) is 18.2 Å². The van der Waals surface area contributed by atoms with Gasteiger partial charge in [-0.15, -0.1) is 0 Å². The molecule has 0 bridgehead atoms. The van der Waals surface area contributed by atoms with E-state index >= 15 is 0 Å². The van der Waals surface area contributed by atoms with Crippen LogP contribution in [0.1, 0.15) is 10.4 Å². The number of nitrogens with zero attached hydrogens (tertiary/aromatic N) is 3. The van der Waals surface area contributed by atoms with E-state index in [1.54, 1.807) is 37.1 Å². The first-order valence-corrected chi connectivity index (χ1v) is 6.15. The number of hydrogen-bond donors (Lipinski definition) is 1. The number of benzene rings is 1. The highest BCUT2D eigenvalue weighted by Gasteiger charge is 2.16. The molecule has 2 rings (SSSR count). The third-order valence-electron chi connectivity index (χ3n) is 2.74. The van der Waals surface area contributed by atoms with Crippen molar-refractivity contribution < 1.29 is 9.59 Å². The van der Waals surface area contributed by atoms with E-state index in [2.05, 4.69) is 10.4 Å². The topological polar surface area (TPSA) is 67.2 Å². The van der Waals surface area contributed by atoms with Crippen LogP contribution in [0.4, 0.5) is 5.69 Å². The minimum atomic E-state index is -0.240. The van der Waals surface area contributed by atoms with Crippen molar-refractivity contribution in [1.29, 1.82) is 0 Å². The Kier molecular flexibility index (Phi) is 4.14. The Bertz CT molecular complexity index is 607. The number of aromatic nitrogens is 2. The number of carbonyl (C=O) groups excluding carboxylic acids is 2. The number of hydrogen-bond acceptors (Lipinski definition) is 3. The largest absolute Gasteiger partial charge is 0.332 e. The van der Waals surface area contributed by atoms with Gasteiger partial charge >= 0.3 is 0 Å². The lowest BCUT2D eigenvalue weighted by Gasteiger charge is -2.15. The Morgan fingerprint density at radius 1 is 1.30 bits per heavy atom. The average molecular weight is 272 g/mol. The maximum absolute atomic E-state index is 12.0. The predicted octanol–water partition coefficient (Wildman–Crippen LogP) is 1.13. The molecule has 1 aromatic carbocycles. The zero-order chi connectivity index (χ0) is 14.5. The molecule has 0 unspecified atom stereocenters. The van der Waals surface area contributed by atoms with Crippen molar-refractivity contribution >= 4 is 17.5 Å². The van der Waals surface area contributed by atoms with Crippen LogP contribution in [0.15, 0.2) is 42.7 Å². The maximum Gasteiger partial charge on any atom is 0.257 e. The van der Waals surface area contributed by atoms with Gasteiger partial charge in [-0.25, -0.2) is 0 Å². The second kappa shape index (κ2) is 6.01. The Labute approximate surface area is 117 Å². The summed E-state index contributed by atoms with van der Waals surface area (Å²) in [5.41, 5.74) is 1.17. The summed E-state index contributed by atoms with van der Waals surface area (Å²) in [6.45, 7) is -0.0113. The van der Waals surface area contributed by atoms with Crippen LogP contribution in [0.5, 0.6) is 0 Å². The Hall–Kier alpha value is -2.63. The van der Waals surface area contributed by atoms with Gasteiger partial charge in [0, 0.05) is 26.0 Å². The normalized spacial score (nSPS) is 10.1. The monoisotopic (exact) mass is 272 g/mol. The van der Waals surface area contributed by atoms with Crippen LogP contribution in [0, 0.1) is 0 Å². The van der Waals surface area contributed by atoms with Gasteiger partial charge in [-0.3, -0.25) is 14.3 Å². The van der Waals surface area contributed by atoms with Gasteiger partial charge in [0.05, 0.1) is 18.3 Å². The van der Waals surface area contributed by atoms with Crippen molar-refractivity contribution in [2.24, 2.45) is 7.05 Å². The van der Waals surface area contributed by atoms with Crippen molar-refractivity contribution in [3.63, 3.8) is 0 Å². The van der Waals surface area contributed by atoms with Gasteiger partial charge in [0.2, 0.25) is 5.91 Å². The standard InChI is InChI=1S/C14H16N4O2/c1-17(14(20)11-8-15-18(2)9-11)10-13(19)16-12-6-4-3-5-7-12/h3-9H,10H2,1-2H3,(H,16,19). The van der Waals surface area contributed by atoms with Gasteiger partial charge in [-0.1, -0.05) is 18.2 Å². The fourth-order valence-corrected chi connectivity index (χ4v) is 1.76. The van der Waals surface area contributed by atoms with Crippen LogP contribution < -0.4 is 5.32 Å². The first kappa shape index (κ1) is 13.8. The smallest absolute Gasteiger partial charge is 0.257 e. The molecule has 2 aromatic rings. The molecule has 6 nitrogen and oxygen atoms in total. The van der Waals surface area contributed by atoms with E-state index in [4.69, 9.17) is 0 Å². The molecule has 0 aliphatic carbocycles. The SMILES string of the molecule is CN(CC(=O)Nc1ccccc1)C(=O)c1cnn(C)c1. The predicted molar refractivity (Wildman–Crippen MR) is 75.2 cm³/mol. The summed E-state index contributed by atoms with van der Waals surface area (Å²) in [5, 5.41) is 6.67. The molecule has 0 spiro atoms. The third-order valence-corrected chi connectivity index (χ3v) is 2.74. The van der Waals surface area contributed by atoms with Gasteiger partial charge in [0.15, 0.2) is 0 Å². The maximum atomic E-state index is 12.0. The van der Waals surface area contributed by atoms with E-state index in [0.717, 1.165) is 0 Å². The molecule has 104 valence electrons. The minimum Gasteiger partial charge on any atom is -0.332 e. The van der Waals surface area contributed by atoms with Gasteiger partial charge < -0.3 is 10.2 Å². The summed E-state index contributed by atoms with van der Waals surface area (Å²) in [6.07, 6.45) is 3.10. The van der Waals surface area contributed by atoms with E-state index in [9.17, 15) is 9.59 Å². The van der Waals surface area contributed by atoms with Crippen LogP contribution in [0.3, 0.4) is 0 Å². The number of carbonyl (C=O) groups is 2. The van der Waals surface area contributed by atoms with Crippen LogP contribution in [0.2, 0.25) is 0 Å². The first-order chi connectivity index (χ1) is 9.56. The molecule has 1 heterocycles. The second-order valence-electron chi connectivity index (χ2n) is 4.48. The van der Waals surface area contributed by atoms with Gasteiger partial charge in [-0.05, 0) is 12.1 Å². The fourth-order valence-electron chi connectivity index (χ4n) is 1.76. The molecule has 0 aliphatic rings. The Balaban J connectivity index is 1.92. The van der Waals surface area contributed by atoms with Crippen molar-refractivity contribution in [3.8, 4) is 0 Å². The Morgan fingerprint density at radius 3 is 2.60 bits per heavy atom. The van der Waals surface area contributed by atoms with Crippen molar-refractivity contribution in [1.82, 2.24) is 14.7 Å². The number of nitrogens with one attached hydrogen (secondary N) is 1. The molecule has 1 aromatic heterocycles. The van der Waals surface area contributed by atoms with Crippen molar-refractivity contribution in [3.05, 3.63) is 48.3 Å². The highest BCUT2D eigenvalue weighted by molar-refractivity contribution is 5.98. The number of likely N-dealkylation sites (N-methyl/N-ethyl adjacent to an activating group) is 1. The molecular weight excluding hydrogens is 256 g/mol. The van der Waals surface area contributed by atoms with Gasteiger partial charge in [0.1, 0.15) is 0 Å². The lowest BCUT2D eigenvalue weighted by Crippen LogP contribution is -2.34. The van der Waals surface area contributed by atoms with E-state index in [-0.39, 0.29) is 18.4 Å². The Morgan fingerprint density at radius 2 is 2.00 bits per heavy atom. The molecule has 0 atom stereocenters. The van der Waals surface area contributed by atoms with E-state index in [1.165, 1.54) is 11.1 Å². The van der Waals surface area contributed by atoms with E-state index in [0.29, 0.717) is 11.3 Å². The number of rotatable bonds is 4. The third kappa shape index (κ3) is 3.44. The number of anilines is 1. The highest BCUT2D eigenvalue weighted by atomic mass is 16.2. The highest BCUT2D eigenvalue weighted by Crippen LogP contribution is 2.06. The second-order valence-corrected chi connectivity index (χ2v) is 4.48. The summed E-state index contributed by atoms with van der Waals surface area (Å²) >= 11 is 0. The summed E-state index contributed by atoms with van der Waals surface area (Å²) < 4.78 is 1.55. The molecule has 0 radical (unpaired) electrons. The summed E-state index contributed by atoms with van der Waals surface area (Å²) in [4.78, 5) is 25.2. The molecule has 1 N–H and O–H groups in total. The van der Waals surface area contributed by atoms with Gasteiger partial charge in [0.25, 0.3) is 5.91 Å². The van der Waals surface area contributed by atoms with E-state index < -0.39 is 0 Å². The summed E-state index contributed by atoms with van der Waals surface area (Å²) in [5.74, 6) is -0.475.